The van der Waals surface area contributed by atoms with Crippen molar-refractivity contribution >= 4 is 24.2 Å². The Labute approximate surface area is 85.4 Å². The molecule has 0 atom stereocenters. The molecule has 0 bridgehead atoms. The second-order valence-electron chi connectivity index (χ2n) is 4.89. The van der Waals surface area contributed by atoms with Crippen LogP contribution in [-0.4, -0.2) is 18.3 Å². The van der Waals surface area contributed by atoms with Crippen LogP contribution in [0.3, 0.4) is 0 Å². The van der Waals surface area contributed by atoms with Crippen molar-refractivity contribution in [3.63, 3.8) is 0 Å². The summed E-state index contributed by atoms with van der Waals surface area (Å²) in [5.74, 6) is 0. The van der Waals surface area contributed by atoms with Crippen LogP contribution in [0, 0.1) is 6.92 Å². The van der Waals surface area contributed by atoms with Crippen LogP contribution in [0.1, 0.15) is 5.56 Å². The predicted molar refractivity (Wildman–Crippen MR) is 63.8 cm³/mol. The summed E-state index contributed by atoms with van der Waals surface area (Å²) in [7, 11) is -1.25. The Morgan fingerprint density at radius 2 is 1.93 bits per heavy atom. The van der Waals surface area contributed by atoms with Crippen molar-refractivity contribution in [3.8, 4) is 0 Å². The lowest BCUT2D eigenvalue weighted by Gasteiger charge is -2.18. The summed E-state index contributed by atoms with van der Waals surface area (Å²) in [5, 5.41) is 9.96. The molecular weight excluding hydrogens is 188 g/mol. The molecule has 1 aromatic heterocycles. The van der Waals surface area contributed by atoms with Gasteiger partial charge in [0.05, 0.1) is 19.8 Å². The summed E-state index contributed by atoms with van der Waals surface area (Å²) >= 11 is 0. The molecular formula is C11H16N2Si. The molecule has 0 radical (unpaired) electrons. The number of nitrogens with zero attached hydrogens (tertiary/aromatic N) is 1. The molecule has 0 aliphatic heterocycles. The number of fused-ring (bicyclic) bond motifs is 1. The molecule has 0 spiro atoms. The Morgan fingerprint density at radius 3 is 2.57 bits per heavy atom. The van der Waals surface area contributed by atoms with Crippen molar-refractivity contribution < 1.29 is 0 Å². The maximum absolute atomic E-state index is 4.11. The zero-order valence-electron chi connectivity index (χ0n) is 9.18. The number of H-pyrrole nitrogens is 1. The van der Waals surface area contributed by atoms with Gasteiger partial charge in [-0.05, 0) is 23.7 Å². The highest BCUT2D eigenvalue weighted by Crippen LogP contribution is 2.15. The van der Waals surface area contributed by atoms with Crippen molar-refractivity contribution in [2.75, 3.05) is 0 Å². The van der Waals surface area contributed by atoms with E-state index in [-0.39, 0.29) is 0 Å². The zero-order chi connectivity index (χ0) is 10.3. The molecule has 0 amide bonds. The van der Waals surface area contributed by atoms with E-state index in [1.54, 1.807) is 0 Å². The first-order valence-corrected chi connectivity index (χ1v) is 8.43. The van der Waals surface area contributed by atoms with E-state index in [1.165, 1.54) is 21.7 Å². The molecule has 0 aliphatic rings. The maximum atomic E-state index is 4.11. The highest BCUT2D eigenvalue weighted by molar-refractivity contribution is 6.90. The molecule has 0 saturated heterocycles. The summed E-state index contributed by atoms with van der Waals surface area (Å²) in [6, 6.07) is 4.47. The molecule has 0 saturated carbocycles. The average molecular weight is 204 g/mol. The van der Waals surface area contributed by atoms with Gasteiger partial charge in [0.1, 0.15) is 0 Å². The Morgan fingerprint density at radius 1 is 1.21 bits per heavy atom. The summed E-state index contributed by atoms with van der Waals surface area (Å²) in [6.45, 7) is 9.25. The number of rotatable bonds is 1. The van der Waals surface area contributed by atoms with E-state index in [2.05, 4.69) is 48.9 Å². The lowest BCUT2D eigenvalue weighted by Crippen LogP contribution is -2.38. The van der Waals surface area contributed by atoms with Crippen LogP contribution >= 0.6 is 0 Å². The highest BCUT2D eigenvalue weighted by atomic mass is 28.3. The van der Waals surface area contributed by atoms with Crippen LogP contribution in [0.4, 0.5) is 0 Å². The van der Waals surface area contributed by atoms with Crippen LogP contribution < -0.4 is 5.19 Å². The van der Waals surface area contributed by atoms with Crippen LogP contribution in [0.25, 0.3) is 10.9 Å². The molecule has 2 nitrogen and oxygen atoms in total. The van der Waals surface area contributed by atoms with Gasteiger partial charge in [0.2, 0.25) is 0 Å². The van der Waals surface area contributed by atoms with Gasteiger partial charge in [0.15, 0.2) is 0 Å². The van der Waals surface area contributed by atoms with Crippen molar-refractivity contribution in [3.05, 3.63) is 23.9 Å². The Bertz CT molecular complexity index is 466. The second kappa shape index (κ2) is 2.95. The predicted octanol–water partition coefficient (Wildman–Crippen LogP) is 2.42. The molecule has 2 rings (SSSR count). The summed E-state index contributed by atoms with van der Waals surface area (Å²) < 4.78 is 0. The molecule has 3 heteroatoms. The number of aromatic nitrogens is 2. The van der Waals surface area contributed by atoms with Gasteiger partial charge in [0, 0.05) is 5.39 Å². The van der Waals surface area contributed by atoms with Crippen LogP contribution in [-0.2, 0) is 0 Å². The molecule has 0 unspecified atom stereocenters. The highest BCUT2D eigenvalue weighted by Gasteiger charge is 2.20. The average Bonchev–Trinajstić information content (AvgIpc) is 2.47. The molecule has 1 heterocycles. The second-order valence-corrected chi connectivity index (χ2v) is 9.93. The largest absolute Gasteiger partial charge is 0.278 e. The minimum Gasteiger partial charge on any atom is -0.278 e. The minimum atomic E-state index is -1.25. The van der Waals surface area contributed by atoms with Gasteiger partial charge in [-0.3, -0.25) is 5.10 Å². The smallest absolute Gasteiger partial charge is 0.0785 e. The zero-order valence-corrected chi connectivity index (χ0v) is 10.2. The number of nitrogens with one attached hydrogen (secondary N) is 1. The van der Waals surface area contributed by atoms with Crippen molar-refractivity contribution in [1.29, 1.82) is 0 Å². The van der Waals surface area contributed by atoms with Gasteiger partial charge >= 0.3 is 0 Å². The number of aryl methyl sites for hydroxylation is 1. The van der Waals surface area contributed by atoms with E-state index in [0.29, 0.717) is 0 Å². The lowest BCUT2D eigenvalue weighted by molar-refractivity contribution is 1.12. The standard InChI is InChI=1S/C11H16N2Si/c1-8-5-10-9(7-12-13-10)11(6-8)14(2,3)4/h5-7H,1-4H3,(H,12,13). The summed E-state index contributed by atoms with van der Waals surface area (Å²) in [4.78, 5) is 0. The van der Waals surface area contributed by atoms with Crippen molar-refractivity contribution in [1.82, 2.24) is 10.2 Å². The van der Waals surface area contributed by atoms with Crippen LogP contribution in [0.15, 0.2) is 18.3 Å². The van der Waals surface area contributed by atoms with Crippen LogP contribution in [0.5, 0.6) is 0 Å². The molecule has 0 fully saturated rings. The van der Waals surface area contributed by atoms with Gasteiger partial charge < -0.3 is 0 Å². The van der Waals surface area contributed by atoms with E-state index in [4.69, 9.17) is 0 Å². The number of aromatic amines is 1. The Balaban J connectivity index is 2.80. The van der Waals surface area contributed by atoms with E-state index in [9.17, 15) is 0 Å². The molecule has 1 N–H and O–H groups in total. The molecule has 2 aromatic rings. The maximum Gasteiger partial charge on any atom is 0.0785 e. The number of hydrogen-bond acceptors (Lipinski definition) is 1. The van der Waals surface area contributed by atoms with E-state index >= 15 is 0 Å². The Kier molecular flexibility index (Phi) is 1.99. The monoisotopic (exact) mass is 204 g/mol. The van der Waals surface area contributed by atoms with Crippen LogP contribution in [0.2, 0.25) is 19.6 Å². The van der Waals surface area contributed by atoms with Gasteiger partial charge in [-0.15, -0.1) is 0 Å². The fourth-order valence-corrected chi connectivity index (χ4v) is 3.48. The Hall–Kier alpha value is -1.09. The van der Waals surface area contributed by atoms with Gasteiger partial charge in [-0.25, -0.2) is 0 Å². The normalized spacial score (nSPS) is 12.3. The SMILES string of the molecule is Cc1cc([Si](C)(C)C)c2cn[nH]c2c1. The third-order valence-corrected chi connectivity index (χ3v) is 4.54. The molecule has 0 aliphatic carbocycles. The van der Waals surface area contributed by atoms with Gasteiger partial charge in [-0.2, -0.15) is 5.10 Å². The lowest BCUT2D eigenvalue weighted by atomic mass is 10.2. The topological polar surface area (TPSA) is 28.7 Å². The van der Waals surface area contributed by atoms with Gasteiger partial charge in [-0.1, -0.05) is 25.7 Å². The third kappa shape index (κ3) is 1.48. The van der Waals surface area contributed by atoms with Crippen molar-refractivity contribution in [2.45, 2.75) is 26.6 Å². The fourth-order valence-electron chi connectivity index (χ4n) is 1.82. The number of benzene rings is 1. The third-order valence-electron chi connectivity index (χ3n) is 2.51. The molecule has 14 heavy (non-hydrogen) atoms. The summed E-state index contributed by atoms with van der Waals surface area (Å²) in [6.07, 6.45) is 1.95. The first-order valence-electron chi connectivity index (χ1n) is 4.93. The first-order chi connectivity index (χ1) is 6.48. The van der Waals surface area contributed by atoms with E-state index < -0.39 is 8.07 Å². The quantitative estimate of drug-likeness (QED) is 0.710. The fraction of sp³-hybridized carbons (Fsp3) is 0.364. The number of hydrogen-bond donors (Lipinski definition) is 1. The minimum absolute atomic E-state index is 1.17. The molecule has 1 aromatic carbocycles. The molecule has 74 valence electrons. The van der Waals surface area contributed by atoms with Crippen molar-refractivity contribution in [2.24, 2.45) is 0 Å². The van der Waals surface area contributed by atoms with E-state index in [1.807, 2.05) is 6.20 Å². The summed E-state index contributed by atoms with van der Waals surface area (Å²) in [5.41, 5.74) is 2.49. The van der Waals surface area contributed by atoms with E-state index in [0.717, 1.165) is 0 Å². The first kappa shape index (κ1) is 9.46. The van der Waals surface area contributed by atoms with Gasteiger partial charge in [0.25, 0.3) is 0 Å².